The van der Waals surface area contributed by atoms with Gasteiger partial charge in [0, 0.05) is 24.8 Å². The Balaban J connectivity index is 2.20. The number of hydrogen-bond donors (Lipinski definition) is 1. The van der Waals surface area contributed by atoms with Crippen LogP contribution < -0.4 is 4.74 Å². The lowest BCUT2D eigenvalue weighted by Crippen LogP contribution is -2.36. The number of hydrogen-bond acceptors (Lipinski definition) is 4. The molecule has 0 aliphatic carbocycles. The highest BCUT2D eigenvalue weighted by Gasteiger charge is 2.19. The van der Waals surface area contributed by atoms with Crippen LogP contribution >= 0.6 is 0 Å². The molecule has 0 spiro atoms. The first kappa shape index (κ1) is 17.0. The smallest absolute Gasteiger partial charge is 0.254 e. The first-order valence-corrected chi connectivity index (χ1v) is 7.57. The van der Waals surface area contributed by atoms with E-state index in [2.05, 4.69) is 14.9 Å². The second-order valence-electron chi connectivity index (χ2n) is 5.79. The maximum absolute atomic E-state index is 12.9. The Hall–Kier alpha value is -2.34. The zero-order valence-corrected chi connectivity index (χ0v) is 14.2. The van der Waals surface area contributed by atoms with Crippen LogP contribution in [-0.4, -0.2) is 60.0 Å². The van der Waals surface area contributed by atoms with Gasteiger partial charge in [0.2, 0.25) is 0 Å². The number of aromatic amines is 1. The van der Waals surface area contributed by atoms with Crippen LogP contribution in [0.1, 0.15) is 21.6 Å². The van der Waals surface area contributed by atoms with Gasteiger partial charge in [0.15, 0.2) is 0 Å². The van der Waals surface area contributed by atoms with E-state index < -0.39 is 0 Å². The number of carbonyl (C=O) groups is 1. The molecule has 0 aliphatic heterocycles. The quantitative estimate of drug-likeness (QED) is 0.848. The van der Waals surface area contributed by atoms with Crippen molar-refractivity contribution in [2.75, 3.05) is 34.3 Å². The third kappa shape index (κ3) is 4.56. The Morgan fingerprint density at radius 3 is 2.65 bits per heavy atom. The number of amides is 1. The fourth-order valence-electron chi connectivity index (χ4n) is 2.32. The molecule has 6 heteroatoms. The van der Waals surface area contributed by atoms with Crippen molar-refractivity contribution >= 4 is 5.91 Å². The number of benzene rings is 1. The molecule has 0 bridgehead atoms. The molecule has 1 aromatic heterocycles. The van der Waals surface area contributed by atoms with Gasteiger partial charge in [0.05, 0.1) is 25.7 Å². The molecule has 23 heavy (non-hydrogen) atoms. The van der Waals surface area contributed by atoms with Crippen molar-refractivity contribution in [2.24, 2.45) is 0 Å². The maximum atomic E-state index is 12.9. The van der Waals surface area contributed by atoms with Gasteiger partial charge < -0.3 is 19.5 Å². The van der Waals surface area contributed by atoms with Gasteiger partial charge in [0.1, 0.15) is 5.75 Å². The van der Waals surface area contributed by atoms with E-state index in [0.717, 1.165) is 23.6 Å². The summed E-state index contributed by atoms with van der Waals surface area (Å²) in [6, 6.07) is 5.53. The molecule has 2 aromatic rings. The number of nitrogens with zero attached hydrogens (tertiary/aromatic N) is 3. The number of aromatic nitrogens is 2. The van der Waals surface area contributed by atoms with Gasteiger partial charge in [-0.1, -0.05) is 0 Å². The van der Waals surface area contributed by atoms with E-state index in [1.54, 1.807) is 19.6 Å². The summed E-state index contributed by atoms with van der Waals surface area (Å²) in [5.74, 6) is 0.772. The van der Waals surface area contributed by atoms with Crippen molar-refractivity contribution in [1.82, 2.24) is 19.8 Å². The van der Waals surface area contributed by atoms with Crippen LogP contribution in [0.3, 0.4) is 0 Å². The van der Waals surface area contributed by atoms with Crippen LogP contribution in [0.4, 0.5) is 0 Å². The van der Waals surface area contributed by atoms with E-state index in [0.29, 0.717) is 18.7 Å². The number of carbonyl (C=O) groups excluding carboxylic acids is 1. The molecule has 0 fully saturated rings. The van der Waals surface area contributed by atoms with E-state index in [1.807, 2.05) is 44.1 Å². The van der Waals surface area contributed by atoms with Gasteiger partial charge >= 0.3 is 0 Å². The van der Waals surface area contributed by atoms with Crippen LogP contribution in [0.2, 0.25) is 0 Å². The summed E-state index contributed by atoms with van der Waals surface area (Å²) < 4.78 is 5.21. The Labute approximate surface area is 137 Å². The number of rotatable bonds is 7. The number of ether oxygens (including phenoxy) is 1. The minimum absolute atomic E-state index is 0.0154. The Bertz CT molecular complexity index is 638. The zero-order chi connectivity index (χ0) is 16.8. The fraction of sp³-hybridized carbons (Fsp3) is 0.412. The van der Waals surface area contributed by atoms with E-state index in [9.17, 15) is 4.79 Å². The largest absolute Gasteiger partial charge is 0.497 e. The molecule has 1 amide bonds. The van der Waals surface area contributed by atoms with Gasteiger partial charge in [-0.25, -0.2) is 4.98 Å². The molecule has 124 valence electrons. The topological polar surface area (TPSA) is 61.5 Å². The predicted octanol–water partition coefficient (Wildman–Crippen LogP) is 1.93. The van der Waals surface area contributed by atoms with E-state index in [1.165, 1.54) is 0 Å². The van der Waals surface area contributed by atoms with Crippen molar-refractivity contribution in [3.8, 4) is 5.75 Å². The highest BCUT2D eigenvalue weighted by Crippen LogP contribution is 2.19. The average molecular weight is 316 g/mol. The minimum atomic E-state index is 0.0154. The van der Waals surface area contributed by atoms with Crippen LogP contribution in [0, 0.1) is 6.92 Å². The summed E-state index contributed by atoms with van der Waals surface area (Å²) in [7, 11) is 5.62. The predicted molar refractivity (Wildman–Crippen MR) is 89.6 cm³/mol. The Kier molecular flexibility index (Phi) is 5.76. The summed E-state index contributed by atoms with van der Waals surface area (Å²) in [5.41, 5.74) is 2.53. The van der Waals surface area contributed by atoms with Crippen LogP contribution in [-0.2, 0) is 6.54 Å². The standard InChI is InChI=1S/C17H24N4O2/c1-13-9-15(23-4)5-6-16(13)17(22)21(8-7-20(2)3)11-14-10-18-12-19-14/h5-6,9-10,12H,7-8,11H2,1-4H3,(H,18,19). The van der Waals surface area contributed by atoms with Crippen molar-refractivity contribution in [1.29, 1.82) is 0 Å². The number of methoxy groups -OCH3 is 1. The van der Waals surface area contributed by atoms with Crippen molar-refractivity contribution in [3.05, 3.63) is 47.5 Å². The lowest BCUT2D eigenvalue weighted by Gasteiger charge is -2.24. The zero-order valence-electron chi connectivity index (χ0n) is 14.2. The Morgan fingerprint density at radius 1 is 1.30 bits per heavy atom. The molecule has 1 N–H and O–H groups in total. The molecule has 0 saturated heterocycles. The molecule has 0 radical (unpaired) electrons. The maximum Gasteiger partial charge on any atom is 0.254 e. The second-order valence-corrected chi connectivity index (χ2v) is 5.79. The molecule has 0 unspecified atom stereocenters. The molecule has 2 rings (SSSR count). The van der Waals surface area contributed by atoms with Gasteiger partial charge in [-0.15, -0.1) is 0 Å². The van der Waals surface area contributed by atoms with Crippen LogP contribution in [0.5, 0.6) is 5.75 Å². The molecular formula is C17H24N4O2. The first-order chi connectivity index (χ1) is 11.0. The normalized spacial score (nSPS) is 10.8. The third-order valence-corrected chi connectivity index (χ3v) is 3.68. The van der Waals surface area contributed by atoms with E-state index in [-0.39, 0.29) is 5.91 Å². The minimum Gasteiger partial charge on any atom is -0.497 e. The van der Waals surface area contributed by atoms with Crippen LogP contribution in [0.25, 0.3) is 0 Å². The number of aryl methyl sites for hydroxylation is 1. The molecular weight excluding hydrogens is 292 g/mol. The van der Waals surface area contributed by atoms with Gasteiger partial charge in [-0.2, -0.15) is 0 Å². The van der Waals surface area contributed by atoms with Crippen molar-refractivity contribution < 1.29 is 9.53 Å². The van der Waals surface area contributed by atoms with E-state index in [4.69, 9.17) is 4.74 Å². The SMILES string of the molecule is COc1ccc(C(=O)N(CCN(C)C)Cc2cnc[nH]2)c(C)c1. The monoisotopic (exact) mass is 316 g/mol. The van der Waals surface area contributed by atoms with Gasteiger partial charge in [0.25, 0.3) is 5.91 Å². The second kappa shape index (κ2) is 7.78. The third-order valence-electron chi connectivity index (χ3n) is 3.68. The number of imidazole rings is 1. The fourth-order valence-corrected chi connectivity index (χ4v) is 2.32. The molecule has 1 aromatic carbocycles. The first-order valence-electron chi connectivity index (χ1n) is 7.57. The Morgan fingerprint density at radius 2 is 2.09 bits per heavy atom. The lowest BCUT2D eigenvalue weighted by molar-refractivity contribution is 0.0729. The number of nitrogens with one attached hydrogen (secondary N) is 1. The van der Waals surface area contributed by atoms with Gasteiger partial charge in [-0.05, 0) is 44.8 Å². The van der Waals surface area contributed by atoms with Gasteiger partial charge in [-0.3, -0.25) is 4.79 Å². The van der Waals surface area contributed by atoms with Crippen molar-refractivity contribution in [3.63, 3.8) is 0 Å². The molecule has 6 nitrogen and oxygen atoms in total. The highest BCUT2D eigenvalue weighted by atomic mass is 16.5. The molecule has 0 aliphatic rings. The van der Waals surface area contributed by atoms with E-state index >= 15 is 0 Å². The summed E-state index contributed by atoms with van der Waals surface area (Å²) in [5, 5.41) is 0. The van der Waals surface area contributed by atoms with Crippen LogP contribution in [0.15, 0.2) is 30.7 Å². The number of H-pyrrole nitrogens is 1. The number of likely N-dealkylation sites (N-methyl/N-ethyl adjacent to an activating group) is 1. The lowest BCUT2D eigenvalue weighted by atomic mass is 10.1. The highest BCUT2D eigenvalue weighted by molar-refractivity contribution is 5.95. The summed E-state index contributed by atoms with van der Waals surface area (Å²) in [6.07, 6.45) is 3.37. The summed E-state index contributed by atoms with van der Waals surface area (Å²) in [6.45, 7) is 3.89. The molecule has 0 saturated carbocycles. The summed E-state index contributed by atoms with van der Waals surface area (Å²) in [4.78, 5) is 23.9. The van der Waals surface area contributed by atoms with Crippen molar-refractivity contribution in [2.45, 2.75) is 13.5 Å². The molecule has 0 atom stereocenters. The summed E-state index contributed by atoms with van der Waals surface area (Å²) >= 11 is 0. The average Bonchev–Trinajstić information content (AvgIpc) is 3.03. The molecule has 1 heterocycles.